The Kier molecular flexibility index (Phi) is 13.0. The van der Waals surface area contributed by atoms with Crippen LogP contribution in [0, 0.1) is 52.3 Å². The highest BCUT2D eigenvalue weighted by Gasteiger charge is 2.60. The fourth-order valence-electron chi connectivity index (χ4n) is 11.1. The third-order valence-electron chi connectivity index (χ3n) is 13.5. The van der Waals surface area contributed by atoms with E-state index in [9.17, 15) is 4.79 Å². The smallest absolute Gasteiger partial charge is 0.434 e. The van der Waals surface area contributed by atoms with E-state index in [-0.39, 0.29) is 6.10 Å². The van der Waals surface area contributed by atoms with E-state index >= 15 is 0 Å². The van der Waals surface area contributed by atoms with Gasteiger partial charge in [0.05, 0.1) is 6.61 Å². The summed E-state index contributed by atoms with van der Waals surface area (Å²) in [6.45, 7) is 15.5. The minimum atomic E-state index is -0.412. The van der Waals surface area contributed by atoms with Gasteiger partial charge in [0.15, 0.2) is 0 Å². The van der Waals surface area contributed by atoms with Gasteiger partial charge in [-0.05, 0) is 116 Å². The monoisotopic (exact) mass is 587 g/mol. The van der Waals surface area contributed by atoms with Crippen LogP contribution in [0.15, 0.2) is 0 Å². The molecule has 0 aliphatic heterocycles. The van der Waals surface area contributed by atoms with Gasteiger partial charge in [0.25, 0.3) is 0 Å². The summed E-state index contributed by atoms with van der Waals surface area (Å²) in [6, 6.07) is 0. The highest BCUT2D eigenvalue weighted by atomic mass is 16.7. The van der Waals surface area contributed by atoms with Crippen molar-refractivity contribution in [1.29, 1.82) is 0 Å². The molecule has 0 aromatic carbocycles. The summed E-state index contributed by atoms with van der Waals surface area (Å²) >= 11 is 0. The van der Waals surface area contributed by atoms with Gasteiger partial charge >= 0.3 is 6.16 Å². The zero-order valence-corrected chi connectivity index (χ0v) is 28.9. The van der Waals surface area contributed by atoms with Crippen LogP contribution in [-0.4, -0.2) is 18.9 Å². The van der Waals surface area contributed by atoms with Crippen LogP contribution < -0.4 is 0 Å². The number of fused-ring (bicyclic) bond motifs is 5. The van der Waals surface area contributed by atoms with Gasteiger partial charge < -0.3 is 9.47 Å². The normalized spacial score (nSPS) is 36.6. The first kappa shape index (κ1) is 34.1. The molecule has 0 amide bonds. The summed E-state index contributed by atoms with van der Waals surface area (Å²) in [5.74, 6) is 6.11. The molecule has 0 bridgehead atoms. The standard InChI is InChI=1S/C39H70O3/c1-7-8-9-10-11-12-13-14-15-27-41-37(40)42-32-23-25-38(5)31(28-32)19-20-33-35-22-21-34(30(4)18-16-17-29(2)3)39(35,6)26-24-36(33)38/h29-36H,7-28H2,1-6H3/t30-,31-,32-,33-,34+,35-,36-,38-,39+/m0/s1. The van der Waals surface area contributed by atoms with Crippen molar-refractivity contribution in [3.05, 3.63) is 0 Å². The second-order valence-corrected chi connectivity index (χ2v) is 16.6. The quantitative estimate of drug-likeness (QED) is 0.133. The molecular weight excluding hydrogens is 516 g/mol. The van der Waals surface area contributed by atoms with Gasteiger partial charge in [-0.3, -0.25) is 0 Å². The minimum Gasteiger partial charge on any atom is -0.434 e. The van der Waals surface area contributed by atoms with E-state index in [1.807, 2.05) is 0 Å². The van der Waals surface area contributed by atoms with E-state index in [1.165, 1.54) is 109 Å². The van der Waals surface area contributed by atoms with Crippen LogP contribution >= 0.6 is 0 Å². The molecule has 42 heavy (non-hydrogen) atoms. The van der Waals surface area contributed by atoms with Gasteiger partial charge in [-0.25, -0.2) is 4.79 Å². The molecule has 244 valence electrons. The third kappa shape index (κ3) is 8.29. The summed E-state index contributed by atoms with van der Waals surface area (Å²) in [5, 5.41) is 0. The maximum Gasteiger partial charge on any atom is 0.508 e. The molecule has 4 rings (SSSR count). The number of unbranched alkanes of at least 4 members (excludes halogenated alkanes) is 8. The van der Waals surface area contributed by atoms with Crippen molar-refractivity contribution in [2.75, 3.05) is 6.61 Å². The molecule has 3 heteroatoms. The molecule has 0 unspecified atom stereocenters. The van der Waals surface area contributed by atoms with Crippen molar-refractivity contribution < 1.29 is 14.3 Å². The lowest BCUT2D eigenvalue weighted by Crippen LogP contribution is -2.54. The number of hydrogen-bond donors (Lipinski definition) is 0. The molecule has 0 N–H and O–H groups in total. The molecular formula is C39H70O3. The molecule has 4 saturated carbocycles. The first-order valence-electron chi connectivity index (χ1n) is 19.0. The SMILES string of the molecule is CCCCCCCCCCCOC(=O)O[C@H]1CC[C@@]2(C)[C@@H](CC[C@@H]3[C@@H]2CC[C@]2(C)[C@@H]([C@@H](C)CCCC(C)C)CC[C@@H]32)C1. The van der Waals surface area contributed by atoms with E-state index in [0.717, 1.165) is 61.2 Å². The number of hydrogen-bond acceptors (Lipinski definition) is 3. The Morgan fingerprint density at radius 1 is 0.738 bits per heavy atom. The van der Waals surface area contributed by atoms with E-state index in [0.29, 0.717) is 23.4 Å². The summed E-state index contributed by atoms with van der Waals surface area (Å²) < 4.78 is 11.4. The fraction of sp³-hybridized carbons (Fsp3) is 0.974. The van der Waals surface area contributed by atoms with Crippen molar-refractivity contribution in [2.24, 2.45) is 52.3 Å². The Balaban J connectivity index is 1.19. The molecule has 9 atom stereocenters. The van der Waals surface area contributed by atoms with Crippen LogP contribution in [0.1, 0.15) is 176 Å². The average molecular weight is 587 g/mol. The summed E-state index contributed by atoms with van der Waals surface area (Å²) in [6.07, 6.45) is 27.3. The van der Waals surface area contributed by atoms with Gasteiger partial charge in [0.2, 0.25) is 0 Å². The van der Waals surface area contributed by atoms with Crippen LogP contribution in [0.4, 0.5) is 4.79 Å². The van der Waals surface area contributed by atoms with Crippen molar-refractivity contribution in [3.63, 3.8) is 0 Å². The predicted molar refractivity (Wildman–Crippen MR) is 177 cm³/mol. The highest BCUT2D eigenvalue weighted by molar-refractivity contribution is 5.60. The highest BCUT2D eigenvalue weighted by Crippen LogP contribution is 2.68. The molecule has 0 spiro atoms. The molecule has 0 saturated heterocycles. The second kappa shape index (κ2) is 16.0. The molecule has 3 nitrogen and oxygen atoms in total. The van der Waals surface area contributed by atoms with Gasteiger partial charge in [-0.1, -0.05) is 112 Å². The Morgan fingerprint density at radius 2 is 1.40 bits per heavy atom. The summed E-state index contributed by atoms with van der Waals surface area (Å²) in [5.41, 5.74) is 1.01. The average Bonchev–Trinajstić information content (AvgIpc) is 3.31. The van der Waals surface area contributed by atoms with Crippen LogP contribution in [0.5, 0.6) is 0 Å². The number of carbonyl (C=O) groups excluding carboxylic acids is 1. The maximum absolute atomic E-state index is 12.5. The first-order valence-corrected chi connectivity index (χ1v) is 19.0. The first-order chi connectivity index (χ1) is 20.2. The topological polar surface area (TPSA) is 35.5 Å². The van der Waals surface area contributed by atoms with Gasteiger partial charge in [0.1, 0.15) is 6.10 Å². The molecule has 0 radical (unpaired) electrons. The second-order valence-electron chi connectivity index (χ2n) is 16.6. The van der Waals surface area contributed by atoms with Gasteiger partial charge in [0, 0.05) is 0 Å². The minimum absolute atomic E-state index is 0.0617. The maximum atomic E-state index is 12.5. The number of ether oxygens (including phenoxy) is 2. The Bertz CT molecular complexity index is 807. The Labute approximate surface area is 261 Å². The molecule has 0 aromatic rings. The largest absolute Gasteiger partial charge is 0.508 e. The number of rotatable bonds is 16. The van der Waals surface area contributed by atoms with Gasteiger partial charge in [-0.15, -0.1) is 0 Å². The lowest BCUT2D eigenvalue weighted by atomic mass is 9.44. The third-order valence-corrected chi connectivity index (χ3v) is 13.5. The van der Waals surface area contributed by atoms with Crippen molar-refractivity contribution in [1.82, 2.24) is 0 Å². The summed E-state index contributed by atoms with van der Waals surface area (Å²) in [7, 11) is 0. The van der Waals surface area contributed by atoms with Crippen molar-refractivity contribution in [2.45, 2.75) is 182 Å². The molecule has 0 aromatic heterocycles. The zero-order valence-electron chi connectivity index (χ0n) is 28.9. The Hall–Kier alpha value is -0.730. The van der Waals surface area contributed by atoms with Crippen LogP contribution in [0.2, 0.25) is 0 Å². The summed E-state index contributed by atoms with van der Waals surface area (Å²) in [4.78, 5) is 12.5. The van der Waals surface area contributed by atoms with E-state index in [2.05, 4.69) is 41.5 Å². The van der Waals surface area contributed by atoms with Gasteiger partial charge in [-0.2, -0.15) is 0 Å². The van der Waals surface area contributed by atoms with Crippen LogP contribution in [0.25, 0.3) is 0 Å². The van der Waals surface area contributed by atoms with E-state index in [1.54, 1.807) is 0 Å². The lowest BCUT2D eigenvalue weighted by molar-refractivity contribution is -0.132. The predicted octanol–water partition coefficient (Wildman–Crippen LogP) is 12.2. The Morgan fingerprint density at radius 3 is 2.12 bits per heavy atom. The molecule has 4 fully saturated rings. The zero-order chi connectivity index (χ0) is 30.2. The van der Waals surface area contributed by atoms with Crippen molar-refractivity contribution in [3.8, 4) is 0 Å². The molecule has 0 heterocycles. The molecule has 4 aliphatic carbocycles. The van der Waals surface area contributed by atoms with E-state index in [4.69, 9.17) is 9.47 Å². The lowest BCUT2D eigenvalue weighted by Gasteiger charge is -2.61. The van der Waals surface area contributed by atoms with Crippen LogP contribution in [0.3, 0.4) is 0 Å². The van der Waals surface area contributed by atoms with Crippen LogP contribution in [-0.2, 0) is 9.47 Å². The van der Waals surface area contributed by atoms with E-state index < -0.39 is 6.16 Å². The fourth-order valence-corrected chi connectivity index (χ4v) is 11.1. The molecule has 4 aliphatic rings. The van der Waals surface area contributed by atoms with Crippen molar-refractivity contribution >= 4 is 6.16 Å². The number of carbonyl (C=O) groups is 1.